The van der Waals surface area contributed by atoms with E-state index in [0.717, 1.165) is 6.07 Å². The molecule has 1 unspecified atom stereocenters. The van der Waals surface area contributed by atoms with Crippen LogP contribution in [0.4, 0.5) is 4.39 Å². The third kappa shape index (κ3) is 5.17. The predicted octanol–water partition coefficient (Wildman–Crippen LogP) is 1.80. The van der Waals surface area contributed by atoms with E-state index in [0.29, 0.717) is 25.1 Å². The first-order valence-corrected chi connectivity index (χ1v) is 7.62. The highest BCUT2D eigenvalue weighted by atomic mass is 19.1. The molecule has 2 amide bonds. The summed E-state index contributed by atoms with van der Waals surface area (Å²) >= 11 is 0. The summed E-state index contributed by atoms with van der Waals surface area (Å²) in [6.45, 7) is 0.642. The Hall–Kier alpha value is -2.73. The molecule has 6 heteroatoms. The molecule has 3 N–H and O–H groups in total. The standard InChI is InChI=1S/C18H19FN2O3/c19-15-9-4-8-14(12-15)17(23)20-10-5-11-21-18(24)16(22)13-6-2-1-3-7-13/h1-4,6-9,12,16,22H,5,10-11H2,(H,20,23)(H,21,24). The summed E-state index contributed by atoms with van der Waals surface area (Å²) in [4.78, 5) is 23.6. The van der Waals surface area contributed by atoms with Crippen LogP contribution in [0.3, 0.4) is 0 Å². The topological polar surface area (TPSA) is 78.4 Å². The van der Waals surface area contributed by atoms with Crippen molar-refractivity contribution in [1.29, 1.82) is 0 Å². The van der Waals surface area contributed by atoms with E-state index in [2.05, 4.69) is 10.6 Å². The van der Waals surface area contributed by atoms with Gasteiger partial charge in [0, 0.05) is 18.7 Å². The summed E-state index contributed by atoms with van der Waals surface area (Å²) < 4.78 is 13.0. The van der Waals surface area contributed by atoms with Crippen LogP contribution in [0, 0.1) is 5.82 Å². The quantitative estimate of drug-likeness (QED) is 0.677. The molecule has 2 aromatic rings. The SMILES string of the molecule is O=C(NCCCNC(=O)C(O)c1ccccc1)c1cccc(F)c1. The Balaban J connectivity index is 1.68. The van der Waals surface area contributed by atoms with E-state index in [4.69, 9.17) is 0 Å². The number of nitrogens with one attached hydrogen (secondary N) is 2. The summed E-state index contributed by atoms with van der Waals surface area (Å²) in [5.41, 5.74) is 0.771. The van der Waals surface area contributed by atoms with Gasteiger partial charge in [0.1, 0.15) is 5.82 Å². The van der Waals surface area contributed by atoms with Crippen molar-refractivity contribution >= 4 is 11.8 Å². The number of rotatable bonds is 7. The number of carbonyl (C=O) groups excluding carboxylic acids is 2. The van der Waals surface area contributed by atoms with Crippen LogP contribution in [0.25, 0.3) is 0 Å². The Kier molecular flexibility index (Phi) is 6.45. The average molecular weight is 330 g/mol. The van der Waals surface area contributed by atoms with Crippen LogP contribution in [0.15, 0.2) is 54.6 Å². The molecular formula is C18H19FN2O3. The van der Waals surface area contributed by atoms with E-state index >= 15 is 0 Å². The van der Waals surface area contributed by atoms with Gasteiger partial charge in [-0.3, -0.25) is 9.59 Å². The molecule has 0 saturated heterocycles. The van der Waals surface area contributed by atoms with E-state index < -0.39 is 17.8 Å². The van der Waals surface area contributed by atoms with Crippen LogP contribution in [0.1, 0.15) is 28.4 Å². The van der Waals surface area contributed by atoms with Gasteiger partial charge in [0.05, 0.1) is 0 Å². The van der Waals surface area contributed by atoms with E-state index in [1.54, 1.807) is 30.3 Å². The molecule has 1 atom stereocenters. The summed E-state index contributed by atoms with van der Waals surface area (Å²) in [6, 6.07) is 14.0. The van der Waals surface area contributed by atoms with Gasteiger partial charge >= 0.3 is 0 Å². The maximum atomic E-state index is 13.0. The van der Waals surface area contributed by atoms with Crippen molar-refractivity contribution in [2.75, 3.05) is 13.1 Å². The predicted molar refractivity (Wildman–Crippen MR) is 87.8 cm³/mol. The molecule has 0 aromatic heterocycles. The van der Waals surface area contributed by atoms with Crippen molar-refractivity contribution in [2.45, 2.75) is 12.5 Å². The van der Waals surface area contributed by atoms with E-state index in [9.17, 15) is 19.1 Å². The highest BCUT2D eigenvalue weighted by molar-refractivity contribution is 5.94. The number of hydrogen-bond acceptors (Lipinski definition) is 3. The number of aliphatic hydroxyl groups excluding tert-OH is 1. The molecule has 0 fully saturated rings. The highest BCUT2D eigenvalue weighted by Crippen LogP contribution is 2.11. The lowest BCUT2D eigenvalue weighted by Crippen LogP contribution is -2.32. The largest absolute Gasteiger partial charge is 0.378 e. The van der Waals surface area contributed by atoms with Crippen molar-refractivity contribution < 1.29 is 19.1 Å². The molecule has 0 radical (unpaired) electrons. The molecule has 0 bridgehead atoms. The van der Waals surface area contributed by atoms with Crippen LogP contribution in [0.5, 0.6) is 0 Å². The van der Waals surface area contributed by atoms with Gasteiger partial charge in [-0.2, -0.15) is 0 Å². The van der Waals surface area contributed by atoms with Gasteiger partial charge in [0.2, 0.25) is 0 Å². The fraction of sp³-hybridized carbons (Fsp3) is 0.222. The number of hydrogen-bond donors (Lipinski definition) is 3. The molecule has 5 nitrogen and oxygen atoms in total. The van der Waals surface area contributed by atoms with Crippen LogP contribution < -0.4 is 10.6 Å². The van der Waals surface area contributed by atoms with Gasteiger partial charge in [0.25, 0.3) is 11.8 Å². The first kappa shape index (κ1) is 17.6. The smallest absolute Gasteiger partial charge is 0.253 e. The van der Waals surface area contributed by atoms with Gasteiger partial charge in [-0.25, -0.2) is 4.39 Å². The van der Waals surface area contributed by atoms with Crippen molar-refractivity contribution in [3.05, 3.63) is 71.5 Å². The van der Waals surface area contributed by atoms with Gasteiger partial charge in [0.15, 0.2) is 6.10 Å². The Morgan fingerprint density at radius 2 is 1.71 bits per heavy atom. The van der Waals surface area contributed by atoms with Crippen LogP contribution in [0.2, 0.25) is 0 Å². The second-order valence-corrected chi connectivity index (χ2v) is 5.22. The Labute approximate surface area is 139 Å². The molecule has 0 aliphatic heterocycles. The zero-order chi connectivity index (χ0) is 17.4. The van der Waals surface area contributed by atoms with E-state index in [1.807, 2.05) is 0 Å². The second-order valence-electron chi connectivity index (χ2n) is 5.22. The molecule has 0 aliphatic carbocycles. The summed E-state index contributed by atoms with van der Waals surface area (Å²) in [5, 5.41) is 15.1. The number of halogens is 1. The summed E-state index contributed by atoms with van der Waals surface area (Å²) in [6.07, 6.45) is -0.720. The van der Waals surface area contributed by atoms with Crippen molar-refractivity contribution in [3.8, 4) is 0 Å². The lowest BCUT2D eigenvalue weighted by Gasteiger charge is -2.11. The fourth-order valence-corrected chi connectivity index (χ4v) is 2.12. The number of amides is 2. The first-order valence-electron chi connectivity index (χ1n) is 7.62. The van der Waals surface area contributed by atoms with E-state index in [-0.39, 0.29) is 11.5 Å². The Bertz CT molecular complexity index is 692. The molecular weight excluding hydrogens is 311 g/mol. The number of aliphatic hydroxyl groups is 1. The molecule has 0 heterocycles. The average Bonchev–Trinajstić information content (AvgIpc) is 2.61. The molecule has 0 aliphatic rings. The molecule has 0 saturated carbocycles. The Morgan fingerprint density at radius 1 is 1.00 bits per heavy atom. The minimum Gasteiger partial charge on any atom is -0.378 e. The van der Waals surface area contributed by atoms with Crippen molar-refractivity contribution in [2.24, 2.45) is 0 Å². The second kappa shape index (κ2) is 8.79. The zero-order valence-corrected chi connectivity index (χ0v) is 13.0. The maximum absolute atomic E-state index is 13.0. The molecule has 2 rings (SSSR count). The third-order valence-corrected chi connectivity index (χ3v) is 3.39. The van der Waals surface area contributed by atoms with Gasteiger partial charge in [-0.1, -0.05) is 36.4 Å². The van der Waals surface area contributed by atoms with Crippen LogP contribution >= 0.6 is 0 Å². The molecule has 126 valence electrons. The number of carbonyl (C=O) groups is 2. The fourth-order valence-electron chi connectivity index (χ4n) is 2.12. The summed E-state index contributed by atoms with van der Waals surface area (Å²) in [5.74, 6) is -1.33. The van der Waals surface area contributed by atoms with Crippen LogP contribution in [-0.2, 0) is 4.79 Å². The van der Waals surface area contributed by atoms with Crippen molar-refractivity contribution in [1.82, 2.24) is 10.6 Å². The monoisotopic (exact) mass is 330 g/mol. The minimum atomic E-state index is -1.21. The third-order valence-electron chi connectivity index (χ3n) is 3.39. The zero-order valence-electron chi connectivity index (χ0n) is 13.0. The molecule has 2 aromatic carbocycles. The van der Waals surface area contributed by atoms with E-state index in [1.165, 1.54) is 18.2 Å². The van der Waals surface area contributed by atoms with Gasteiger partial charge in [-0.05, 0) is 30.2 Å². The minimum absolute atomic E-state index is 0.249. The van der Waals surface area contributed by atoms with Crippen molar-refractivity contribution in [3.63, 3.8) is 0 Å². The molecule has 0 spiro atoms. The van der Waals surface area contributed by atoms with Gasteiger partial charge in [-0.15, -0.1) is 0 Å². The lowest BCUT2D eigenvalue weighted by molar-refractivity contribution is -0.129. The number of benzene rings is 2. The lowest BCUT2D eigenvalue weighted by atomic mass is 10.1. The molecule has 24 heavy (non-hydrogen) atoms. The van der Waals surface area contributed by atoms with Gasteiger partial charge < -0.3 is 15.7 Å². The normalized spacial score (nSPS) is 11.6. The van der Waals surface area contributed by atoms with Crippen LogP contribution in [-0.4, -0.2) is 30.0 Å². The first-order chi connectivity index (χ1) is 11.6. The maximum Gasteiger partial charge on any atom is 0.253 e. The highest BCUT2D eigenvalue weighted by Gasteiger charge is 2.16. The Morgan fingerprint density at radius 3 is 2.42 bits per heavy atom. The summed E-state index contributed by atoms with van der Waals surface area (Å²) in [7, 11) is 0.